The molecule has 1 N–H and O–H groups in total. The SMILES string of the molecule is O=C(O)CC1CCC(c2ccc(-c3ccc(Cc4ccc(C(F)(F)F)nc4)cn3)cc2)CC1. The molecule has 0 radical (unpaired) electrons. The molecule has 1 aromatic carbocycles. The molecular formula is C26H25F3N2O2. The Labute approximate surface area is 190 Å². The van der Waals surface area contributed by atoms with Gasteiger partial charge in [0.2, 0.25) is 0 Å². The van der Waals surface area contributed by atoms with Crippen molar-refractivity contribution in [3.8, 4) is 11.3 Å². The van der Waals surface area contributed by atoms with Crippen LogP contribution in [0.15, 0.2) is 60.9 Å². The van der Waals surface area contributed by atoms with Crippen molar-refractivity contribution in [2.45, 2.75) is 50.6 Å². The number of aliphatic carboxylic acids is 1. The first-order valence-corrected chi connectivity index (χ1v) is 11.1. The van der Waals surface area contributed by atoms with E-state index in [1.54, 1.807) is 6.20 Å². The smallest absolute Gasteiger partial charge is 0.433 e. The Morgan fingerprint density at radius 3 is 2.03 bits per heavy atom. The van der Waals surface area contributed by atoms with Gasteiger partial charge in [0.05, 0.1) is 5.69 Å². The molecule has 0 bridgehead atoms. The fourth-order valence-corrected chi connectivity index (χ4v) is 4.51. The number of carbonyl (C=O) groups is 1. The summed E-state index contributed by atoms with van der Waals surface area (Å²) in [7, 11) is 0. The molecule has 1 fully saturated rings. The van der Waals surface area contributed by atoms with Crippen LogP contribution in [0.1, 0.15) is 60.4 Å². The lowest BCUT2D eigenvalue weighted by Gasteiger charge is -2.28. The van der Waals surface area contributed by atoms with Crippen LogP contribution in [0.2, 0.25) is 0 Å². The third-order valence-corrected chi connectivity index (χ3v) is 6.34. The van der Waals surface area contributed by atoms with E-state index in [1.165, 1.54) is 17.8 Å². The maximum atomic E-state index is 12.6. The average molecular weight is 454 g/mol. The van der Waals surface area contributed by atoms with Crippen molar-refractivity contribution in [3.05, 3.63) is 83.3 Å². The van der Waals surface area contributed by atoms with Crippen molar-refractivity contribution in [1.29, 1.82) is 0 Å². The molecule has 4 rings (SSSR count). The van der Waals surface area contributed by atoms with E-state index in [0.717, 1.165) is 48.6 Å². The maximum Gasteiger partial charge on any atom is 0.433 e. The molecule has 33 heavy (non-hydrogen) atoms. The zero-order valence-electron chi connectivity index (χ0n) is 18.1. The number of nitrogens with zero attached hydrogens (tertiary/aromatic N) is 2. The molecule has 1 aliphatic rings. The lowest BCUT2D eigenvalue weighted by atomic mass is 9.77. The lowest BCUT2D eigenvalue weighted by Crippen LogP contribution is -2.16. The number of hydrogen-bond acceptors (Lipinski definition) is 3. The number of pyridine rings is 2. The van der Waals surface area contributed by atoms with Crippen LogP contribution in [0.25, 0.3) is 11.3 Å². The van der Waals surface area contributed by atoms with Crippen molar-refractivity contribution < 1.29 is 23.1 Å². The van der Waals surface area contributed by atoms with Crippen molar-refractivity contribution in [2.24, 2.45) is 5.92 Å². The summed E-state index contributed by atoms with van der Waals surface area (Å²) in [6.45, 7) is 0. The third-order valence-electron chi connectivity index (χ3n) is 6.34. The fourth-order valence-electron chi connectivity index (χ4n) is 4.51. The van der Waals surface area contributed by atoms with Gasteiger partial charge in [-0.15, -0.1) is 0 Å². The minimum Gasteiger partial charge on any atom is -0.481 e. The van der Waals surface area contributed by atoms with Crippen LogP contribution in [0, 0.1) is 5.92 Å². The summed E-state index contributed by atoms with van der Waals surface area (Å²) in [6.07, 6.45) is 3.23. The van der Waals surface area contributed by atoms with Gasteiger partial charge < -0.3 is 5.11 Å². The highest BCUT2D eigenvalue weighted by Gasteiger charge is 2.32. The van der Waals surface area contributed by atoms with E-state index in [-0.39, 0.29) is 6.42 Å². The van der Waals surface area contributed by atoms with E-state index in [0.29, 0.717) is 23.8 Å². The predicted octanol–water partition coefficient (Wildman–Crippen LogP) is 6.50. The monoisotopic (exact) mass is 454 g/mol. The Morgan fingerprint density at radius 1 is 0.879 bits per heavy atom. The Balaban J connectivity index is 1.36. The Kier molecular flexibility index (Phi) is 6.77. The molecule has 7 heteroatoms. The zero-order chi connectivity index (χ0) is 23.4. The molecule has 1 aliphatic carbocycles. The van der Waals surface area contributed by atoms with E-state index < -0.39 is 17.8 Å². The number of aromatic nitrogens is 2. The molecule has 0 unspecified atom stereocenters. The number of carboxylic acids is 1. The van der Waals surface area contributed by atoms with Crippen molar-refractivity contribution in [3.63, 3.8) is 0 Å². The van der Waals surface area contributed by atoms with Crippen LogP contribution in [0.4, 0.5) is 13.2 Å². The summed E-state index contributed by atoms with van der Waals surface area (Å²) in [5.74, 6) is 0.0493. The van der Waals surface area contributed by atoms with E-state index in [2.05, 4.69) is 34.2 Å². The first kappa shape index (κ1) is 23.0. The minimum atomic E-state index is -4.43. The molecular weight excluding hydrogens is 429 g/mol. The van der Waals surface area contributed by atoms with Gasteiger partial charge >= 0.3 is 12.1 Å². The highest BCUT2D eigenvalue weighted by Crippen LogP contribution is 2.37. The third kappa shape index (κ3) is 5.97. The van der Waals surface area contributed by atoms with Gasteiger partial charge in [0.1, 0.15) is 5.69 Å². The molecule has 2 heterocycles. The topological polar surface area (TPSA) is 63.1 Å². The van der Waals surface area contributed by atoms with Crippen molar-refractivity contribution in [2.75, 3.05) is 0 Å². The standard InChI is InChI=1S/C26H25F3N2O2/c27-26(28,29)24-12-4-19(16-31-24)13-18-3-11-23(30-15-18)22-9-7-21(8-10-22)20-5-1-17(2-6-20)14-25(32)33/h3-4,7-12,15-17,20H,1-2,5-6,13-14H2,(H,32,33). The van der Waals surface area contributed by atoms with E-state index >= 15 is 0 Å². The molecule has 0 atom stereocenters. The van der Waals surface area contributed by atoms with Gasteiger partial charge in [0.15, 0.2) is 0 Å². The molecule has 3 aromatic rings. The number of benzene rings is 1. The number of halogens is 3. The summed E-state index contributed by atoms with van der Waals surface area (Å²) >= 11 is 0. The second-order valence-electron chi connectivity index (χ2n) is 8.72. The van der Waals surface area contributed by atoms with Crippen LogP contribution in [0.3, 0.4) is 0 Å². The summed E-state index contributed by atoms with van der Waals surface area (Å²) in [5.41, 5.74) is 3.81. The summed E-state index contributed by atoms with van der Waals surface area (Å²) in [4.78, 5) is 18.9. The quantitative estimate of drug-likeness (QED) is 0.462. The van der Waals surface area contributed by atoms with E-state index in [9.17, 15) is 18.0 Å². The van der Waals surface area contributed by atoms with Crippen LogP contribution >= 0.6 is 0 Å². The van der Waals surface area contributed by atoms with Crippen LogP contribution < -0.4 is 0 Å². The Hall–Kier alpha value is -3.22. The van der Waals surface area contributed by atoms with Crippen molar-refractivity contribution >= 4 is 5.97 Å². The number of carboxylic acid groups (broad SMARTS) is 1. The van der Waals surface area contributed by atoms with Gasteiger partial charge in [-0.1, -0.05) is 36.4 Å². The average Bonchev–Trinajstić information content (AvgIpc) is 2.80. The van der Waals surface area contributed by atoms with E-state index in [1.807, 2.05) is 12.1 Å². The highest BCUT2D eigenvalue weighted by molar-refractivity contribution is 5.67. The molecule has 4 nitrogen and oxygen atoms in total. The maximum absolute atomic E-state index is 12.6. The molecule has 0 aliphatic heterocycles. The second kappa shape index (κ2) is 9.73. The van der Waals surface area contributed by atoms with Crippen molar-refractivity contribution in [1.82, 2.24) is 9.97 Å². The van der Waals surface area contributed by atoms with Crippen LogP contribution in [-0.2, 0) is 17.4 Å². The summed E-state index contributed by atoms with van der Waals surface area (Å²) < 4.78 is 37.9. The summed E-state index contributed by atoms with van der Waals surface area (Å²) in [6, 6.07) is 14.6. The lowest BCUT2D eigenvalue weighted by molar-refractivity contribution is -0.141. The molecule has 1 saturated carbocycles. The molecule has 0 amide bonds. The molecule has 0 spiro atoms. The van der Waals surface area contributed by atoms with Crippen LogP contribution in [0.5, 0.6) is 0 Å². The Bertz CT molecular complexity index is 1070. The minimum absolute atomic E-state index is 0.267. The molecule has 172 valence electrons. The van der Waals surface area contributed by atoms with Gasteiger partial charge in [0, 0.05) is 30.8 Å². The normalized spacial score (nSPS) is 18.8. The van der Waals surface area contributed by atoms with Gasteiger partial charge in [0.25, 0.3) is 0 Å². The molecule has 2 aromatic heterocycles. The zero-order valence-corrected chi connectivity index (χ0v) is 18.1. The second-order valence-corrected chi connectivity index (χ2v) is 8.72. The number of hydrogen-bond donors (Lipinski definition) is 1. The first-order chi connectivity index (χ1) is 15.8. The van der Waals surface area contributed by atoms with Gasteiger partial charge in [-0.2, -0.15) is 13.2 Å². The van der Waals surface area contributed by atoms with Gasteiger partial charge in [-0.25, -0.2) is 0 Å². The Morgan fingerprint density at radius 2 is 1.52 bits per heavy atom. The van der Waals surface area contributed by atoms with Gasteiger partial charge in [-0.05, 0) is 66.3 Å². The fraction of sp³-hybridized carbons (Fsp3) is 0.346. The summed E-state index contributed by atoms with van der Waals surface area (Å²) in [5, 5.41) is 8.97. The number of alkyl halides is 3. The van der Waals surface area contributed by atoms with Gasteiger partial charge in [-0.3, -0.25) is 14.8 Å². The first-order valence-electron chi connectivity index (χ1n) is 11.1. The van der Waals surface area contributed by atoms with E-state index in [4.69, 9.17) is 5.11 Å². The number of rotatable bonds is 6. The molecule has 0 saturated heterocycles. The highest BCUT2D eigenvalue weighted by atomic mass is 19.4. The predicted molar refractivity (Wildman–Crippen MR) is 119 cm³/mol. The largest absolute Gasteiger partial charge is 0.481 e. The van der Waals surface area contributed by atoms with Crippen LogP contribution in [-0.4, -0.2) is 21.0 Å².